The van der Waals surface area contributed by atoms with Crippen LogP contribution < -0.4 is 4.90 Å². The first-order valence-corrected chi connectivity index (χ1v) is 9.49. The Bertz CT molecular complexity index is 998. The fourth-order valence-electron chi connectivity index (χ4n) is 2.61. The summed E-state index contributed by atoms with van der Waals surface area (Å²) >= 11 is 1.20. The molecule has 0 aliphatic carbocycles. The second kappa shape index (κ2) is 9.10. The zero-order valence-corrected chi connectivity index (χ0v) is 15.9. The van der Waals surface area contributed by atoms with E-state index >= 15 is 0 Å². The number of rotatable bonds is 7. The van der Waals surface area contributed by atoms with Gasteiger partial charge in [-0.1, -0.05) is 30.0 Å². The van der Waals surface area contributed by atoms with E-state index in [1.807, 2.05) is 37.3 Å². The van der Waals surface area contributed by atoms with Crippen LogP contribution in [0.4, 0.5) is 10.1 Å². The van der Waals surface area contributed by atoms with Crippen molar-refractivity contribution in [3.8, 4) is 11.8 Å². The van der Waals surface area contributed by atoms with Crippen molar-refractivity contribution in [2.75, 3.05) is 17.2 Å². The zero-order valence-electron chi connectivity index (χ0n) is 15.1. The van der Waals surface area contributed by atoms with Gasteiger partial charge in [0.25, 0.3) is 0 Å². The lowest BCUT2D eigenvalue weighted by atomic mass is 10.2. The number of para-hydroxylation sites is 1. The molecule has 0 atom stereocenters. The highest BCUT2D eigenvalue weighted by Gasteiger charge is 2.18. The van der Waals surface area contributed by atoms with Crippen LogP contribution in [0.15, 0.2) is 53.7 Å². The van der Waals surface area contributed by atoms with Gasteiger partial charge in [-0.3, -0.25) is 4.79 Å². The van der Waals surface area contributed by atoms with Gasteiger partial charge < -0.3 is 4.90 Å². The number of hydrogen-bond acceptors (Lipinski definition) is 6. The first-order chi connectivity index (χ1) is 13.6. The Hall–Kier alpha value is -3.25. The van der Waals surface area contributed by atoms with E-state index in [-0.39, 0.29) is 30.4 Å². The van der Waals surface area contributed by atoms with Crippen molar-refractivity contribution in [2.24, 2.45) is 0 Å². The summed E-state index contributed by atoms with van der Waals surface area (Å²) in [6, 6.07) is 15.3. The second-order valence-electron chi connectivity index (χ2n) is 5.88. The predicted octanol–water partition coefficient (Wildman–Crippen LogP) is 3.15. The zero-order chi connectivity index (χ0) is 19.9. The van der Waals surface area contributed by atoms with E-state index in [2.05, 4.69) is 15.5 Å². The molecule has 2 aromatic carbocycles. The highest BCUT2D eigenvalue weighted by molar-refractivity contribution is 7.99. The van der Waals surface area contributed by atoms with Crippen LogP contribution in [0.25, 0.3) is 5.69 Å². The van der Waals surface area contributed by atoms with Crippen molar-refractivity contribution < 1.29 is 9.18 Å². The van der Waals surface area contributed by atoms with Crippen LogP contribution in [0.5, 0.6) is 0 Å². The molecular formula is C19H17FN6OS. The summed E-state index contributed by atoms with van der Waals surface area (Å²) in [5.41, 5.74) is 2.38. The molecule has 0 saturated carbocycles. The number of tetrazole rings is 1. The van der Waals surface area contributed by atoms with Gasteiger partial charge >= 0.3 is 0 Å². The Morgan fingerprint density at radius 2 is 2.00 bits per heavy atom. The lowest BCUT2D eigenvalue weighted by Crippen LogP contribution is -2.33. The van der Waals surface area contributed by atoms with Gasteiger partial charge in [-0.25, -0.2) is 4.39 Å². The normalized spacial score (nSPS) is 10.5. The lowest BCUT2D eigenvalue weighted by Gasteiger charge is -2.21. The van der Waals surface area contributed by atoms with E-state index in [4.69, 9.17) is 5.26 Å². The third-order valence-electron chi connectivity index (χ3n) is 4.00. The molecule has 0 aliphatic heterocycles. The molecule has 9 heteroatoms. The van der Waals surface area contributed by atoms with Crippen LogP contribution >= 0.6 is 11.8 Å². The van der Waals surface area contributed by atoms with Gasteiger partial charge in [0, 0.05) is 12.2 Å². The molecule has 28 heavy (non-hydrogen) atoms. The number of halogens is 1. The van der Waals surface area contributed by atoms with Crippen LogP contribution in [0, 0.1) is 24.1 Å². The fraction of sp³-hybridized carbons (Fsp3) is 0.211. The monoisotopic (exact) mass is 396 g/mol. The van der Waals surface area contributed by atoms with E-state index in [0.29, 0.717) is 10.8 Å². The molecule has 0 unspecified atom stereocenters. The van der Waals surface area contributed by atoms with E-state index in [1.165, 1.54) is 40.9 Å². The Labute approximate surface area is 165 Å². The molecule has 0 N–H and O–H groups in total. The number of aromatic nitrogens is 4. The van der Waals surface area contributed by atoms with Gasteiger partial charge in [-0.05, 0) is 53.2 Å². The molecule has 1 heterocycles. The summed E-state index contributed by atoms with van der Waals surface area (Å²) < 4.78 is 14.8. The average Bonchev–Trinajstić information content (AvgIpc) is 3.16. The molecule has 1 amide bonds. The minimum atomic E-state index is -0.386. The van der Waals surface area contributed by atoms with Crippen molar-refractivity contribution in [2.45, 2.75) is 18.5 Å². The molecule has 1 aromatic heterocycles. The Morgan fingerprint density at radius 1 is 1.25 bits per heavy atom. The first-order valence-electron chi connectivity index (χ1n) is 8.50. The third kappa shape index (κ3) is 4.53. The summed E-state index contributed by atoms with van der Waals surface area (Å²) in [5, 5.41) is 21.1. The first kappa shape index (κ1) is 19.5. The molecule has 0 spiro atoms. The molecule has 3 rings (SSSR count). The quantitative estimate of drug-likeness (QED) is 0.570. The molecular weight excluding hydrogens is 379 g/mol. The maximum atomic E-state index is 13.2. The molecule has 7 nitrogen and oxygen atoms in total. The number of benzene rings is 2. The summed E-state index contributed by atoms with van der Waals surface area (Å²) in [7, 11) is 0. The maximum Gasteiger partial charge on any atom is 0.237 e. The number of anilines is 1. The summed E-state index contributed by atoms with van der Waals surface area (Å²) in [4.78, 5) is 14.2. The topological polar surface area (TPSA) is 87.7 Å². The van der Waals surface area contributed by atoms with Crippen molar-refractivity contribution in [3.63, 3.8) is 0 Å². The number of nitriles is 1. The van der Waals surface area contributed by atoms with Crippen LogP contribution in [0.3, 0.4) is 0 Å². The minimum absolute atomic E-state index is 0.0784. The number of nitrogens with zero attached hydrogens (tertiary/aromatic N) is 6. The number of hydrogen-bond donors (Lipinski definition) is 0. The fourth-order valence-corrected chi connectivity index (χ4v) is 3.37. The van der Waals surface area contributed by atoms with Gasteiger partial charge in [0.15, 0.2) is 0 Å². The smallest absolute Gasteiger partial charge is 0.237 e. The predicted molar refractivity (Wildman–Crippen MR) is 104 cm³/mol. The number of carbonyl (C=O) groups excluding carboxylic acids is 1. The van der Waals surface area contributed by atoms with Crippen molar-refractivity contribution in [3.05, 3.63) is 59.9 Å². The Balaban J connectivity index is 1.75. The van der Waals surface area contributed by atoms with Crippen LogP contribution in [-0.2, 0) is 4.79 Å². The van der Waals surface area contributed by atoms with Gasteiger partial charge in [-0.15, -0.1) is 5.10 Å². The van der Waals surface area contributed by atoms with Gasteiger partial charge in [0.1, 0.15) is 5.82 Å². The van der Waals surface area contributed by atoms with E-state index in [1.54, 1.807) is 4.68 Å². The number of amides is 1. The van der Waals surface area contributed by atoms with Crippen molar-refractivity contribution in [1.82, 2.24) is 20.2 Å². The molecule has 142 valence electrons. The van der Waals surface area contributed by atoms with Gasteiger partial charge in [0.2, 0.25) is 11.1 Å². The third-order valence-corrected chi connectivity index (χ3v) is 4.90. The summed E-state index contributed by atoms with van der Waals surface area (Å²) in [6.45, 7) is 2.18. The molecule has 0 aliphatic rings. The van der Waals surface area contributed by atoms with Crippen LogP contribution in [-0.4, -0.2) is 38.4 Å². The SMILES string of the molecule is Cc1ccccc1-n1nnnc1SCC(=O)N(CCC#N)c1ccc(F)cc1. The molecule has 0 bridgehead atoms. The summed E-state index contributed by atoms with van der Waals surface area (Å²) in [5.74, 6) is -0.524. The largest absolute Gasteiger partial charge is 0.311 e. The standard InChI is InChI=1S/C19H17FN6OS/c1-14-5-2-3-6-17(14)26-19(22-23-24-26)28-13-18(27)25(12-4-11-21)16-9-7-15(20)8-10-16/h2-3,5-10H,4,12-13H2,1H3. The molecule has 3 aromatic rings. The maximum absolute atomic E-state index is 13.2. The van der Waals surface area contributed by atoms with Crippen LogP contribution in [0.1, 0.15) is 12.0 Å². The van der Waals surface area contributed by atoms with Gasteiger partial charge in [0.05, 0.1) is 23.9 Å². The lowest BCUT2D eigenvalue weighted by molar-refractivity contribution is -0.116. The van der Waals surface area contributed by atoms with E-state index in [9.17, 15) is 9.18 Å². The van der Waals surface area contributed by atoms with Gasteiger partial charge in [-0.2, -0.15) is 9.94 Å². The highest BCUT2D eigenvalue weighted by Crippen LogP contribution is 2.22. The molecule has 0 saturated heterocycles. The summed E-state index contributed by atoms with van der Waals surface area (Å²) in [6.07, 6.45) is 0.175. The molecule has 0 radical (unpaired) electrons. The highest BCUT2D eigenvalue weighted by atomic mass is 32.2. The number of thioether (sulfide) groups is 1. The second-order valence-corrected chi connectivity index (χ2v) is 6.82. The Kier molecular flexibility index (Phi) is 6.34. The van der Waals surface area contributed by atoms with E-state index in [0.717, 1.165) is 11.3 Å². The Morgan fingerprint density at radius 3 is 2.71 bits per heavy atom. The average molecular weight is 396 g/mol. The molecule has 0 fully saturated rings. The van der Waals surface area contributed by atoms with Crippen molar-refractivity contribution in [1.29, 1.82) is 5.26 Å². The number of aryl methyl sites for hydroxylation is 1. The van der Waals surface area contributed by atoms with E-state index < -0.39 is 0 Å². The number of carbonyl (C=O) groups is 1. The minimum Gasteiger partial charge on any atom is -0.311 e. The van der Waals surface area contributed by atoms with Crippen molar-refractivity contribution >= 4 is 23.4 Å². The van der Waals surface area contributed by atoms with Crippen LogP contribution in [0.2, 0.25) is 0 Å².